The molecule has 0 unspecified atom stereocenters. The van der Waals surface area contributed by atoms with Crippen LogP contribution < -0.4 is 24.8 Å². The molecule has 0 saturated carbocycles. The van der Waals surface area contributed by atoms with Crippen LogP contribution in [0.1, 0.15) is 68.2 Å². The number of halogens is 8. The van der Waals surface area contributed by atoms with Gasteiger partial charge in [-0.1, -0.05) is 87.1 Å². The Morgan fingerprint density at radius 3 is 1.15 bits per heavy atom. The van der Waals surface area contributed by atoms with Crippen molar-refractivity contribution < 1.29 is 77.0 Å². The van der Waals surface area contributed by atoms with Gasteiger partial charge in [0.1, 0.15) is 0 Å². The van der Waals surface area contributed by atoms with E-state index in [-0.39, 0.29) is 50.7 Å². The first-order chi connectivity index (χ1) is 23.4. The van der Waals surface area contributed by atoms with Crippen LogP contribution in [0.3, 0.4) is 0 Å². The maximum Gasteiger partial charge on any atom is 0.416 e. The Kier molecular flexibility index (Phi) is 19.7. The van der Waals surface area contributed by atoms with Crippen LogP contribution in [-0.2, 0) is 51.0 Å². The molecule has 0 fully saturated rings. The van der Waals surface area contributed by atoms with Crippen molar-refractivity contribution in [2.75, 3.05) is 0 Å². The van der Waals surface area contributed by atoms with Gasteiger partial charge in [-0.05, 0) is 48.2 Å². The molecule has 280 valence electrons. The first-order valence-corrected chi connectivity index (χ1v) is 16.7. The van der Waals surface area contributed by atoms with Gasteiger partial charge in [-0.3, -0.25) is 0 Å². The molecule has 0 N–H and O–H groups in total. The molecule has 0 radical (unpaired) electrons. The van der Waals surface area contributed by atoms with Gasteiger partial charge in [0.25, 0.3) is 0 Å². The summed E-state index contributed by atoms with van der Waals surface area (Å²) < 4.78 is 76.2. The second kappa shape index (κ2) is 21.7. The molecule has 0 aliphatic carbocycles. The van der Waals surface area contributed by atoms with E-state index in [1.165, 1.54) is 11.1 Å². The number of aryl methyl sites for hydroxylation is 2. The zero-order valence-corrected chi connectivity index (χ0v) is 34.4. The van der Waals surface area contributed by atoms with E-state index in [0.717, 1.165) is 113 Å². The Balaban J connectivity index is 0.000000459. The molecule has 0 nitrogen and oxygen atoms in total. The Hall–Kier alpha value is -2.87. The number of alkyl halides is 6. The van der Waals surface area contributed by atoms with Gasteiger partial charge >= 0.3 is 12.4 Å². The number of hydrogen-bond donors (Lipinski definition) is 0. The number of unbranched alkanes of at least 4 members (excludes halogenated alkanes) is 2. The van der Waals surface area contributed by atoms with E-state index < -0.39 is 23.5 Å². The number of benzene rings is 4. The van der Waals surface area contributed by atoms with Gasteiger partial charge in [-0.15, -0.1) is 69.1 Å². The van der Waals surface area contributed by atoms with Crippen molar-refractivity contribution in [3.63, 3.8) is 0 Å². The summed E-state index contributed by atoms with van der Waals surface area (Å²) in [4.78, 5) is 0. The van der Waals surface area contributed by atoms with Gasteiger partial charge in [0.2, 0.25) is 0 Å². The Morgan fingerprint density at radius 2 is 0.865 bits per heavy atom. The van der Waals surface area contributed by atoms with Crippen LogP contribution in [0.15, 0.2) is 109 Å². The second-order valence-electron chi connectivity index (χ2n) is 12.1. The van der Waals surface area contributed by atoms with Gasteiger partial charge in [0.15, 0.2) is 0 Å². The van der Waals surface area contributed by atoms with E-state index in [0.29, 0.717) is 0 Å². The van der Waals surface area contributed by atoms with Crippen molar-refractivity contribution in [2.24, 2.45) is 0 Å². The molecular formula is C43H42Cl2F6Hf-6. The third kappa shape index (κ3) is 12.6. The summed E-state index contributed by atoms with van der Waals surface area (Å²) >= 11 is 0. The molecule has 9 heteroatoms. The predicted molar refractivity (Wildman–Crippen MR) is 193 cm³/mol. The smallest absolute Gasteiger partial charge is 0.416 e. The summed E-state index contributed by atoms with van der Waals surface area (Å²) in [5, 5.41) is 4.51. The average molecular weight is 922 g/mol. The quantitative estimate of drug-likeness (QED) is 0.0821. The van der Waals surface area contributed by atoms with E-state index in [2.05, 4.69) is 64.1 Å². The first kappa shape index (κ1) is 47.2. The van der Waals surface area contributed by atoms with E-state index in [1.807, 2.05) is 24.3 Å². The fraction of sp³-hybridized carbons (Fsp3) is 0.256. The normalized spacial score (nSPS) is 11.0. The van der Waals surface area contributed by atoms with E-state index in [4.69, 9.17) is 0 Å². The number of rotatable bonds is 8. The predicted octanol–water partition coefficient (Wildman–Crippen LogP) is 8.22. The Labute approximate surface area is 335 Å². The molecule has 0 saturated heterocycles. The topological polar surface area (TPSA) is 0 Å². The van der Waals surface area contributed by atoms with Crippen molar-refractivity contribution in [1.82, 2.24) is 0 Å². The summed E-state index contributed by atoms with van der Waals surface area (Å²) in [7, 11) is 0. The minimum absolute atomic E-state index is 0. The van der Waals surface area contributed by atoms with Crippen LogP contribution in [0.5, 0.6) is 0 Å². The largest absolute Gasteiger partial charge is 1.00 e. The van der Waals surface area contributed by atoms with Crippen LogP contribution >= 0.6 is 0 Å². The molecule has 6 aromatic rings. The zero-order valence-electron chi connectivity index (χ0n) is 29.3. The second-order valence-corrected chi connectivity index (χ2v) is 12.1. The number of hydrogen-bond acceptors (Lipinski definition) is 0. The van der Waals surface area contributed by atoms with Gasteiger partial charge in [0.05, 0.1) is 11.1 Å². The molecule has 0 aliphatic rings. The van der Waals surface area contributed by atoms with Crippen LogP contribution in [0.4, 0.5) is 26.3 Å². The standard InChI is InChI=1S/2C20H18F3.C3H6.2ClH.Hf/c2*1-2-3-5-14-12-16-6-4-7-18(19(16)13-14)15-8-10-17(11-9-15)20(21,22)23;1-3-2;;;/h2*4,6-13H,2-3,5H2,1H3;1-3H2;2*1H;/q2*-1;-2;;;/p-2. The zero-order chi connectivity index (χ0) is 35.6. The number of fused-ring (bicyclic) bond motifs is 2. The van der Waals surface area contributed by atoms with Crippen molar-refractivity contribution in [1.29, 1.82) is 0 Å². The molecular weight excluding hydrogens is 880 g/mol. The average Bonchev–Trinajstić information content (AvgIpc) is 3.70. The fourth-order valence-corrected chi connectivity index (χ4v) is 5.83. The van der Waals surface area contributed by atoms with Gasteiger partial charge in [-0.25, -0.2) is 0 Å². The monoisotopic (exact) mass is 922 g/mol. The third-order valence-corrected chi connectivity index (χ3v) is 8.31. The van der Waals surface area contributed by atoms with E-state index >= 15 is 0 Å². The van der Waals surface area contributed by atoms with E-state index in [9.17, 15) is 26.3 Å². The SMILES string of the molecule is CCCCc1cc2c(-c3ccc(C(F)(F)F)cc3)cccc2[cH-]1.CCCCc1cc2c(-c3ccc(C(F)(F)F)cc3)cccc2[cH-]1.[CH2-]C[CH2-].[Cl-].[Cl-].[Hf]. The molecule has 0 aromatic heterocycles. The summed E-state index contributed by atoms with van der Waals surface area (Å²) in [5.74, 6) is 0. The van der Waals surface area contributed by atoms with Crippen molar-refractivity contribution >= 4 is 21.5 Å². The minimum Gasteiger partial charge on any atom is -1.00 e. The molecule has 6 rings (SSSR count). The van der Waals surface area contributed by atoms with Crippen LogP contribution in [0.25, 0.3) is 43.8 Å². The summed E-state index contributed by atoms with van der Waals surface area (Å²) in [6, 6.07) is 31.4. The summed E-state index contributed by atoms with van der Waals surface area (Å²) in [6.45, 7) is 11.1. The van der Waals surface area contributed by atoms with Gasteiger partial charge in [0, 0.05) is 25.8 Å². The maximum absolute atomic E-state index is 12.7. The molecule has 0 heterocycles. The van der Waals surface area contributed by atoms with E-state index in [1.54, 1.807) is 24.3 Å². The summed E-state index contributed by atoms with van der Waals surface area (Å²) in [5.41, 5.74) is 4.96. The van der Waals surface area contributed by atoms with Crippen molar-refractivity contribution in [3.8, 4) is 22.3 Å². The molecule has 52 heavy (non-hydrogen) atoms. The summed E-state index contributed by atoms with van der Waals surface area (Å²) in [6.07, 6.45) is -1.18. The molecule has 0 spiro atoms. The maximum atomic E-state index is 12.7. The fourth-order valence-electron chi connectivity index (χ4n) is 5.83. The van der Waals surface area contributed by atoms with Crippen LogP contribution in [0, 0.1) is 13.8 Å². The van der Waals surface area contributed by atoms with Gasteiger partial charge < -0.3 is 45.1 Å². The molecule has 0 atom stereocenters. The minimum atomic E-state index is -4.29. The Morgan fingerprint density at radius 1 is 0.538 bits per heavy atom. The van der Waals surface area contributed by atoms with Gasteiger partial charge in [-0.2, -0.15) is 38.5 Å². The van der Waals surface area contributed by atoms with Crippen LogP contribution in [0.2, 0.25) is 0 Å². The molecule has 0 bridgehead atoms. The third-order valence-electron chi connectivity index (χ3n) is 8.31. The van der Waals surface area contributed by atoms with Crippen molar-refractivity contribution in [3.05, 3.63) is 145 Å². The Bertz CT molecular complexity index is 1760. The van der Waals surface area contributed by atoms with Crippen molar-refractivity contribution in [2.45, 2.75) is 71.1 Å². The molecule has 6 aromatic carbocycles. The molecule has 0 aliphatic heterocycles. The first-order valence-electron chi connectivity index (χ1n) is 16.7. The molecule has 0 amide bonds. The van der Waals surface area contributed by atoms with Crippen LogP contribution in [-0.4, -0.2) is 0 Å².